The fraction of sp³-hybridized carbons (Fsp3) is 0.226. The lowest BCUT2D eigenvalue weighted by atomic mass is 9.74. The number of carbonyl (C=O) groups is 1. The summed E-state index contributed by atoms with van der Waals surface area (Å²) in [4.78, 5) is 15.9. The van der Waals surface area contributed by atoms with Crippen LogP contribution in [0.1, 0.15) is 47.4 Å². The molecule has 0 bridgehead atoms. The molecule has 5 rings (SSSR count). The number of Topliss-reactive ketones (excluding diaryl/α,β-unsaturated/α-hetero) is 1. The summed E-state index contributed by atoms with van der Waals surface area (Å²) >= 11 is 14.1. The number of aryl methyl sites for hydroxylation is 2. The normalized spacial score (nSPS) is 17.4. The second kappa shape index (κ2) is 11.1. The topological polar surface area (TPSA) is 70.1 Å². The first-order chi connectivity index (χ1) is 18.7. The molecule has 0 saturated heterocycles. The number of allylic oxidation sites excluding steroid dienone is 3. The van der Waals surface area contributed by atoms with Crippen LogP contribution in [0.25, 0.3) is 0 Å². The minimum atomic E-state index is -0.625. The number of anilines is 1. The summed E-state index contributed by atoms with van der Waals surface area (Å²) in [6.45, 7) is 4.02. The van der Waals surface area contributed by atoms with Gasteiger partial charge in [0.05, 0.1) is 28.3 Å². The summed E-state index contributed by atoms with van der Waals surface area (Å²) in [7, 11) is 0. The number of hydrogen-bond acceptors (Lipinski definition) is 5. The summed E-state index contributed by atoms with van der Waals surface area (Å²) in [5, 5.41) is 11.6. The highest BCUT2D eigenvalue weighted by Crippen LogP contribution is 2.48. The van der Waals surface area contributed by atoms with Crippen molar-refractivity contribution in [3.05, 3.63) is 115 Å². The molecule has 1 aliphatic carbocycles. The molecule has 4 nitrogen and oxygen atoms in total. The number of rotatable bonds is 5. The maximum atomic E-state index is 15.0. The Kier molecular flexibility index (Phi) is 7.77. The van der Waals surface area contributed by atoms with E-state index >= 15 is 0 Å². The molecular formula is C31H26Cl2FN3OS. The molecule has 3 aromatic rings. The third-order valence-corrected chi connectivity index (χ3v) is 9.10. The molecule has 2 N–H and O–H groups in total. The first kappa shape index (κ1) is 27.3. The predicted molar refractivity (Wildman–Crippen MR) is 156 cm³/mol. The number of halogens is 3. The van der Waals surface area contributed by atoms with E-state index in [9.17, 15) is 14.4 Å². The molecule has 1 atom stereocenters. The van der Waals surface area contributed by atoms with Crippen LogP contribution < -0.4 is 10.6 Å². The third kappa shape index (κ3) is 5.07. The second-order valence-electron chi connectivity index (χ2n) is 9.77. The molecule has 0 amide bonds. The monoisotopic (exact) mass is 577 g/mol. The number of nitriles is 1. The Morgan fingerprint density at radius 1 is 1.10 bits per heavy atom. The Hall–Kier alpha value is -3.24. The van der Waals surface area contributed by atoms with Crippen molar-refractivity contribution in [2.45, 2.75) is 49.7 Å². The number of para-hydroxylation sites is 1. The van der Waals surface area contributed by atoms with Gasteiger partial charge in [-0.15, -0.1) is 11.8 Å². The van der Waals surface area contributed by atoms with E-state index in [-0.39, 0.29) is 22.9 Å². The van der Waals surface area contributed by atoms with Gasteiger partial charge in [0.1, 0.15) is 11.6 Å². The predicted octanol–water partition coefficient (Wildman–Crippen LogP) is 8.35. The van der Waals surface area contributed by atoms with Gasteiger partial charge in [-0.05, 0) is 79.3 Å². The number of benzene rings is 3. The molecule has 0 saturated carbocycles. The maximum absolute atomic E-state index is 15.0. The van der Waals surface area contributed by atoms with Gasteiger partial charge in [0, 0.05) is 33.4 Å². The molecule has 0 spiro atoms. The number of nitrogens with zero attached hydrogens (tertiary/aromatic N) is 2. The van der Waals surface area contributed by atoms with Crippen LogP contribution in [0, 0.1) is 31.0 Å². The molecule has 3 aromatic carbocycles. The van der Waals surface area contributed by atoms with Gasteiger partial charge in [-0.1, -0.05) is 47.5 Å². The Bertz CT molecular complexity index is 1610. The molecule has 39 heavy (non-hydrogen) atoms. The van der Waals surface area contributed by atoms with E-state index in [0.29, 0.717) is 46.3 Å². The van der Waals surface area contributed by atoms with E-state index in [4.69, 9.17) is 28.9 Å². The van der Waals surface area contributed by atoms with Crippen LogP contribution in [0.2, 0.25) is 10.0 Å². The molecule has 2 aliphatic rings. The summed E-state index contributed by atoms with van der Waals surface area (Å²) in [6.07, 6.45) is 1.58. The zero-order chi connectivity index (χ0) is 27.8. The molecule has 0 fully saturated rings. The van der Waals surface area contributed by atoms with Gasteiger partial charge >= 0.3 is 0 Å². The molecule has 198 valence electrons. The van der Waals surface area contributed by atoms with E-state index in [2.05, 4.69) is 18.2 Å². The standard InChI is InChI=1S/C31H26Cl2FN3OS/c1-17-12-18(2)21(13-19(17)16-39-28-14-20(32)10-11-23(28)33)29-22(15-35)31(36)37(25-7-4-3-6-24(25)34)26-8-5-9-27(38)30(26)29/h3-4,6-7,10-14,29H,5,8-9,16,36H2,1-2H3. The van der Waals surface area contributed by atoms with Gasteiger partial charge in [0.25, 0.3) is 0 Å². The highest BCUT2D eigenvalue weighted by atomic mass is 35.5. The summed E-state index contributed by atoms with van der Waals surface area (Å²) in [5.41, 5.74) is 12.3. The lowest BCUT2D eigenvalue weighted by molar-refractivity contribution is -0.116. The highest BCUT2D eigenvalue weighted by Gasteiger charge is 2.41. The van der Waals surface area contributed by atoms with E-state index in [0.717, 1.165) is 27.1 Å². The first-order valence-corrected chi connectivity index (χ1v) is 14.3. The van der Waals surface area contributed by atoms with Crippen molar-refractivity contribution in [3.63, 3.8) is 0 Å². The van der Waals surface area contributed by atoms with Gasteiger partial charge in [-0.3, -0.25) is 9.69 Å². The third-order valence-electron chi connectivity index (χ3n) is 7.32. The molecular weight excluding hydrogens is 552 g/mol. The van der Waals surface area contributed by atoms with Crippen LogP contribution in [-0.4, -0.2) is 5.78 Å². The van der Waals surface area contributed by atoms with Crippen LogP contribution in [0.3, 0.4) is 0 Å². The highest BCUT2D eigenvalue weighted by molar-refractivity contribution is 7.98. The molecule has 0 radical (unpaired) electrons. The quantitative estimate of drug-likeness (QED) is 0.308. The number of hydrogen-bond donors (Lipinski definition) is 1. The average Bonchev–Trinajstić information content (AvgIpc) is 2.90. The van der Waals surface area contributed by atoms with Crippen LogP contribution in [0.4, 0.5) is 10.1 Å². The number of carbonyl (C=O) groups excluding carboxylic acids is 1. The van der Waals surface area contributed by atoms with Crippen molar-refractivity contribution in [3.8, 4) is 6.07 Å². The van der Waals surface area contributed by atoms with Gasteiger partial charge in [-0.2, -0.15) is 5.26 Å². The Balaban J connectivity index is 1.64. The first-order valence-electron chi connectivity index (χ1n) is 12.6. The van der Waals surface area contributed by atoms with E-state index in [1.54, 1.807) is 47.0 Å². The van der Waals surface area contributed by atoms with Crippen LogP contribution in [-0.2, 0) is 10.5 Å². The molecule has 1 aliphatic heterocycles. The lowest BCUT2D eigenvalue weighted by Gasteiger charge is -2.40. The Labute approximate surface area is 241 Å². The number of thioether (sulfide) groups is 1. The zero-order valence-electron chi connectivity index (χ0n) is 21.5. The van der Waals surface area contributed by atoms with Crippen molar-refractivity contribution >= 4 is 46.4 Å². The van der Waals surface area contributed by atoms with Gasteiger partial charge < -0.3 is 5.73 Å². The van der Waals surface area contributed by atoms with Gasteiger partial charge in [-0.25, -0.2) is 4.39 Å². The zero-order valence-corrected chi connectivity index (χ0v) is 23.9. The summed E-state index contributed by atoms with van der Waals surface area (Å²) < 4.78 is 15.0. The smallest absolute Gasteiger partial charge is 0.161 e. The van der Waals surface area contributed by atoms with Crippen LogP contribution in [0.5, 0.6) is 0 Å². The minimum Gasteiger partial charge on any atom is -0.384 e. The molecule has 1 heterocycles. The second-order valence-corrected chi connectivity index (χ2v) is 11.6. The molecule has 8 heteroatoms. The van der Waals surface area contributed by atoms with Gasteiger partial charge in [0.15, 0.2) is 5.78 Å². The van der Waals surface area contributed by atoms with Gasteiger partial charge in [0.2, 0.25) is 0 Å². The van der Waals surface area contributed by atoms with Crippen molar-refractivity contribution < 1.29 is 9.18 Å². The van der Waals surface area contributed by atoms with Crippen molar-refractivity contribution in [1.82, 2.24) is 0 Å². The van der Waals surface area contributed by atoms with Crippen molar-refractivity contribution in [2.75, 3.05) is 4.90 Å². The maximum Gasteiger partial charge on any atom is 0.161 e. The SMILES string of the molecule is Cc1cc(C)c(C2C(C#N)=C(N)N(c3ccccc3F)C3=C2C(=O)CCC3)cc1CSc1cc(Cl)ccc1Cl. The van der Waals surface area contributed by atoms with E-state index in [1.165, 1.54) is 6.07 Å². The average molecular weight is 579 g/mol. The van der Waals surface area contributed by atoms with Crippen molar-refractivity contribution in [2.24, 2.45) is 5.73 Å². The van der Waals surface area contributed by atoms with Crippen LogP contribution in [0.15, 0.2) is 82.2 Å². The van der Waals surface area contributed by atoms with Crippen molar-refractivity contribution in [1.29, 1.82) is 5.26 Å². The van der Waals surface area contributed by atoms with Crippen LogP contribution >= 0.6 is 35.0 Å². The molecule has 1 unspecified atom stereocenters. The minimum absolute atomic E-state index is 0.0375. The molecule has 0 aromatic heterocycles. The summed E-state index contributed by atoms with van der Waals surface area (Å²) in [6, 6.07) is 18.1. The summed E-state index contributed by atoms with van der Waals surface area (Å²) in [5.74, 6) is -0.354. The van der Waals surface area contributed by atoms with E-state index < -0.39 is 11.7 Å². The Morgan fingerprint density at radius 2 is 1.87 bits per heavy atom. The fourth-order valence-electron chi connectivity index (χ4n) is 5.43. The Morgan fingerprint density at radius 3 is 2.62 bits per heavy atom. The largest absolute Gasteiger partial charge is 0.384 e. The fourth-order valence-corrected chi connectivity index (χ4v) is 6.99. The number of ketones is 1. The van der Waals surface area contributed by atoms with E-state index in [1.807, 2.05) is 19.9 Å². The lowest BCUT2D eigenvalue weighted by Crippen LogP contribution is -2.39. The number of nitrogens with two attached hydrogens (primary N) is 1.